The van der Waals surface area contributed by atoms with E-state index >= 15 is 0 Å². The average Bonchev–Trinajstić information content (AvgIpc) is 2.22. The second-order valence-corrected chi connectivity index (χ2v) is 3.28. The topological polar surface area (TPSA) is 119 Å². The Labute approximate surface area is 87.7 Å². The van der Waals surface area contributed by atoms with Crippen LogP contribution in [0.5, 0.6) is 0 Å². The summed E-state index contributed by atoms with van der Waals surface area (Å²) in [6.07, 6.45) is -6.21. The van der Waals surface area contributed by atoms with Crippen LogP contribution in [0.4, 0.5) is 0 Å². The summed E-state index contributed by atoms with van der Waals surface area (Å²) in [6.45, 7) is -0.919. The molecule has 0 aromatic heterocycles. The first-order chi connectivity index (χ1) is 7.47. The maximum Gasteiger partial charge on any atom is 0.173 e. The first-order valence-electron chi connectivity index (χ1n) is 5.00. The van der Waals surface area contributed by atoms with Crippen LogP contribution >= 0.6 is 0 Å². The van der Waals surface area contributed by atoms with Gasteiger partial charge in [-0.15, -0.1) is 0 Å². The van der Waals surface area contributed by atoms with Gasteiger partial charge in [0.1, 0.15) is 25.9 Å². The molecular weight excluding hydrogens is 206 g/mol. The maximum absolute atomic E-state index is 10.4. The van der Waals surface area contributed by atoms with E-state index in [4.69, 9.17) is 11.2 Å². The summed E-state index contributed by atoms with van der Waals surface area (Å²) >= 11 is 0. The fourth-order valence-electron chi connectivity index (χ4n) is 1.48. The van der Waals surface area contributed by atoms with Crippen molar-refractivity contribution in [2.45, 2.75) is 30.6 Å². The van der Waals surface area contributed by atoms with Gasteiger partial charge in [0, 0.05) is 0 Å². The minimum Gasteiger partial charge on any atom is -0.394 e. The van der Waals surface area contributed by atoms with Gasteiger partial charge in [0.15, 0.2) is 6.29 Å². The molecule has 0 aromatic rings. The highest BCUT2D eigenvalue weighted by atomic mass is 16.6. The number of hydrogen-bond donors (Lipinski definition) is 5. The number of carbonyl (C=O) groups excluding carboxylic acids is 1. The highest BCUT2D eigenvalue weighted by molar-refractivity contribution is 5.51. The number of ether oxygens (including phenoxy) is 1. The van der Waals surface area contributed by atoms with Crippen molar-refractivity contribution in [3.05, 3.63) is 0 Å². The van der Waals surface area contributed by atoms with Crippen molar-refractivity contribution < 1.29 is 31.3 Å². The maximum atomic E-state index is 10.4. The molecule has 5 N–H and O–H groups in total. The minimum atomic E-state index is -1.46. The highest BCUT2D eigenvalue weighted by Crippen LogP contribution is 2.19. The molecular formula is C8H15NO6. The zero-order valence-electron chi connectivity index (χ0n) is 8.91. The zero-order valence-corrected chi connectivity index (χ0v) is 7.91. The Kier molecular flexibility index (Phi) is 4.01. The van der Waals surface area contributed by atoms with Gasteiger partial charge in [-0.05, 0) is 0 Å². The van der Waals surface area contributed by atoms with Crippen molar-refractivity contribution in [3.8, 4) is 0 Å². The van der Waals surface area contributed by atoms with Gasteiger partial charge in [0.05, 0.1) is 19.2 Å². The van der Waals surface area contributed by atoms with E-state index in [0.717, 1.165) is 0 Å². The fourth-order valence-corrected chi connectivity index (χ4v) is 1.48. The average molecular weight is 222 g/mol. The molecule has 7 heteroatoms. The van der Waals surface area contributed by atoms with Crippen molar-refractivity contribution in [2.24, 2.45) is 0 Å². The van der Waals surface area contributed by atoms with Crippen molar-refractivity contribution in [1.29, 1.82) is 0 Å². The summed E-state index contributed by atoms with van der Waals surface area (Å²) in [5.41, 5.74) is 0. The Morgan fingerprint density at radius 1 is 1.40 bits per heavy atom. The molecule has 0 aromatic carbocycles. The first kappa shape index (κ1) is 10.9. The van der Waals surface area contributed by atoms with E-state index in [9.17, 15) is 20.1 Å². The third-order valence-electron chi connectivity index (χ3n) is 2.31. The summed E-state index contributed by atoms with van der Waals surface area (Å²) in [4.78, 5) is 10.4. The van der Waals surface area contributed by atoms with Crippen molar-refractivity contribution in [2.75, 3.05) is 13.2 Å². The molecule has 0 saturated carbocycles. The largest absolute Gasteiger partial charge is 0.394 e. The van der Waals surface area contributed by atoms with E-state index in [-0.39, 0.29) is 6.54 Å². The molecule has 0 bridgehead atoms. The number of nitrogens with one attached hydrogen (secondary N) is 1. The number of hydrogen-bond acceptors (Lipinski definition) is 7. The van der Waals surface area contributed by atoms with E-state index in [1.165, 1.54) is 0 Å². The Balaban J connectivity index is 2.60. The predicted molar refractivity (Wildman–Crippen MR) is 47.8 cm³/mol. The molecule has 1 aliphatic heterocycles. The van der Waals surface area contributed by atoms with Crippen LogP contribution in [0.2, 0.25) is 0 Å². The van der Waals surface area contributed by atoms with Crippen LogP contribution in [0.25, 0.3) is 0 Å². The quantitative estimate of drug-likeness (QED) is 0.314. The fraction of sp³-hybridized carbons (Fsp3) is 0.875. The van der Waals surface area contributed by atoms with E-state index < -0.39 is 43.5 Å². The van der Waals surface area contributed by atoms with Gasteiger partial charge in [0.2, 0.25) is 0 Å². The molecule has 1 rings (SSSR count). The molecule has 1 heterocycles. The lowest BCUT2D eigenvalue weighted by Gasteiger charge is -2.40. The van der Waals surface area contributed by atoms with Crippen LogP contribution in [0.15, 0.2) is 0 Å². The molecule has 0 aliphatic carbocycles. The standard InChI is InChI=1S/C8H15NO6/c10-2-1-9-5-7(13)6(12)4(3-11)15-8(5)14/h2,4-9,11-14H,1,3H2/t4-,5+,6-,7-,8?/m1/s1/i2D. The summed E-state index contributed by atoms with van der Waals surface area (Å²) < 4.78 is 11.5. The second-order valence-electron chi connectivity index (χ2n) is 3.28. The Morgan fingerprint density at radius 2 is 2.07 bits per heavy atom. The van der Waals surface area contributed by atoms with Gasteiger partial charge in [-0.25, -0.2) is 0 Å². The molecule has 1 aliphatic rings. The van der Waals surface area contributed by atoms with E-state index in [1.807, 2.05) is 0 Å². The van der Waals surface area contributed by atoms with Crippen LogP contribution in [0, 0.1) is 0 Å². The van der Waals surface area contributed by atoms with E-state index in [2.05, 4.69) is 5.32 Å². The molecule has 0 amide bonds. The Morgan fingerprint density at radius 3 is 2.60 bits per heavy atom. The molecule has 0 radical (unpaired) electrons. The third-order valence-corrected chi connectivity index (χ3v) is 2.31. The zero-order chi connectivity index (χ0) is 12.3. The normalized spacial score (nSPS) is 42.4. The van der Waals surface area contributed by atoms with Crippen LogP contribution in [-0.4, -0.2) is 70.5 Å². The summed E-state index contributed by atoms with van der Waals surface area (Å²) in [6, 6.07) is -1.08. The number of aliphatic hydroxyl groups excluding tert-OH is 4. The van der Waals surface area contributed by atoms with Gasteiger partial charge in [-0.1, -0.05) is 0 Å². The lowest BCUT2D eigenvalue weighted by molar-refractivity contribution is -0.254. The minimum absolute atomic E-state index is 0.376. The van der Waals surface area contributed by atoms with Crippen molar-refractivity contribution >= 4 is 6.26 Å². The van der Waals surface area contributed by atoms with Gasteiger partial charge in [-0.2, -0.15) is 0 Å². The van der Waals surface area contributed by atoms with E-state index in [1.54, 1.807) is 0 Å². The van der Waals surface area contributed by atoms with Crippen LogP contribution in [0.3, 0.4) is 0 Å². The van der Waals surface area contributed by atoms with E-state index in [0.29, 0.717) is 0 Å². The SMILES string of the molecule is [2H]C(=O)CN[C@@H]1C(O)O[C@H](CO)[C@@H](O)[C@@H]1O. The molecule has 88 valence electrons. The van der Waals surface area contributed by atoms with Crippen LogP contribution in [0.1, 0.15) is 1.37 Å². The highest BCUT2D eigenvalue weighted by Gasteiger charge is 2.43. The third kappa shape index (κ3) is 2.71. The molecule has 1 saturated heterocycles. The Hall–Kier alpha value is -0.570. The smallest absolute Gasteiger partial charge is 0.173 e. The second kappa shape index (κ2) is 5.50. The van der Waals surface area contributed by atoms with Crippen LogP contribution in [-0.2, 0) is 9.53 Å². The number of aldehydes is 1. The monoisotopic (exact) mass is 222 g/mol. The number of carbonyl (C=O) groups is 1. The van der Waals surface area contributed by atoms with Crippen molar-refractivity contribution in [1.82, 2.24) is 5.32 Å². The van der Waals surface area contributed by atoms with Gasteiger partial charge in [0.25, 0.3) is 0 Å². The molecule has 15 heavy (non-hydrogen) atoms. The molecule has 7 nitrogen and oxygen atoms in total. The first-order valence-corrected chi connectivity index (χ1v) is 4.50. The number of aliphatic hydroxyl groups is 4. The van der Waals surface area contributed by atoms with Gasteiger partial charge < -0.3 is 35.3 Å². The lowest BCUT2D eigenvalue weighted by Crippen LogP contribution is -2.63. The van der Waals surface area contributed by atoms with Crippen molar-refractivity contribution in [3.63, 3.8) is 0 Å². The molecule has 1 fully saturated rings. The lowest BCUT2D eigenvalue weighted by atomic mass is 9.97. The predicted octanol–water partition coefficient (Wildman–Crippen LogP) is -3.43. The summed E-state index contributed by atoms with van der Waals surface area (Å²) in [5, 5.41) is 39.7. The van der Waals surface area contributed by atoms with Crippen LogP contribution < -0.4 is 5.32 Å². The Bertz CT molecular complexity index is 253. The number of rotatable bonds is 4. The summed E-state index contributed by atoms with van der Waals surface area (Å²) in [5.74, 6) is 0. The van der Waals surface area contributed by atoms with Gasteiger partial charge >= 0.3 is 0 Å². The molecule has 5 atom stereocenters. The molecule has 0 spiro atoms. The summed E-state index contributed by atoms with van der Waals surface area (Å²) in [7, 11) is 0. The molecule has 1 unspecified atom stereocenters. The van der Waals surface area contributed by atoms with Gasteiger partial charge in [-0.3, -0.25) is 0 Å².